The zero-order valence-electron chi connectivity index (χ0n) is 16.8. The van der Waals surface area contributed by atoms with E-state index in [1.807, 2.05) is 35.2 Å². The number of H-pyrrole nitrogens is 1. The van der Waals surface area contributed by atoms with Crippen molar-refractivity contribution in [3.63, 3.8) is 0 Å². The number of aromatic amines is 1. The number of aryl methyl sites for hydroxylation is 1. The Hall–Kier alpha value is -3.22. The Labute approximate surface area is 174 Å². The second-order valence-corrected chi connectivity index (χ2v) is 7.74. The molecule has 1 N–H and O–H groups in total. The molecule has 0 aliphatic carbocycles. The molecule has 0 atom stereocenters. The van der Waals surface area contributed by atoms with Crippen LogP contribution in [0.1, 0.15) is 42.1 Å². The maximum Gasteiger partial charge on any atom is 0.343 e. The molecule has 7 heteroatoms. The lowest BCUT2D eigenvalue weighted by atomic mass is 9.95. The molecule has 0 unspecified atom stereocenters. The number of nitrogens with zero attached hydrogens (tertiary/aromatic N) is 3. The summed E-state index contributed by atoms with van der Waals surface area (Å²) >= 11 is 0. The van der Waals surface area contributed by atoms with Crippen molar-refractivity contribution in [3.8, 4) is 0 Å². The minimum absolute atomic E-state index is 0.113. The number of benzene rings is 2. The second kappa shape index (κ2) is 9.07. The summed E-state index contributed by atoms with van der Waals surface area (Å²) in [5.41, 5.74) is 1.74. The lowest BCUT2D eigenvalue weighted by Gasteiger charge is -2.31. The van der Waals surface area contributed by atoms with E-state index in [0.29, 0.717) is 31.9 Å². The fraction of sp³-hybridized carbons (Fsp3) is 0.348. The normalized spacial score (nSPS) is 14.8. The number of hydrogen-bond donors (Lipinski definition) is 1. The van der Waals surface area contributed by atoms with Crippen LogP contribution in [0.2, 0.25) is 0 Å². The lowest BCUT2D eigenvalue weighted by Crippen LogP contribution is -2.38. The van der Waals surface area contributed by atoms with E-state index in [4.69, 9.17) is 0 Å². The van der Waals surface area contributed by atoms with Gasteiger partial charge in [-0.1, -0.05) is 42.5 Å². The average molecular weight is 408 g/mol. The van der Waals surface area contributed by atoms with Crippen molar-refractivity contribution < 1.29 is 9.18 Å². The summed E-state index contributed by atoms with van der Waals surface area (Å²) in [7, 11) is 0. The third kappa shape index (κ3) is 4.67. The summed E-state index contributed by atoms with van der Waals surface area (Å²) in [6.45, 7) is 1.67. The summed E-state index contributed by atoms with van der Waals surface area (Å²) in [4.78, 5) is 26.7. The summed E-state index contributed by atoms with van der Waals surface area (Å²) in [6.07, 6.45) is 2.79. The van der Waals surface area contributed by atoms with E-state index in [2.05, 4.69) is 10.2 Å². The lowest BCUT2D eigenvalue weighted by molar-refractivity contribution is -0.132. The molecule has 1 saturated heterocycles. The number of carbonyl (C=O) groups excluding carboxylic acids is 1. The van der Waals surface area contributed by atoms with Crippen LogP contribution in [0, 0.1) is 5.82 Å². The van der Waals surface area contributed by atoms with Crippen LogP contribution in [0.25, 0.3) is 0 Å². The van der Waals surface area contributed by atoms with E-state index < -0.39 is 0 Å². The standard InChI is InChI=1S/C23H25FN4O2/c24-20-9-6-18(7-10-20)16-28-22(25-26-23(28)30)19-12-14-27(15-13-19)21(29)11-8-17-4-2-1-3-5-17/h1-7,9-10,19H,8,11-16H2,(H,26,30). The summed E-state index contributed by atoms with van der Waals surface area (Å²) in [5.74, 6) is 0.689. The predicted molar refractivity (Wildman–Crippen MR) is 112 cm³/mol. The van der Waals surface area contributed by atoms with Crippen LogP contribution in [-0.4, -0.2) is 38.7 Å². The fourth-order valence-electron chi connectivity index (χ4n) is 4.01. The zero-order valence-corrected chi connectivity index (χ0v) is 16.8. The van der Waals surface area contributed by atoms with Gasteiger partial charge in [-0.05, 0) is 42.5 Å². The van der Waals surface area contributed by atoms with Crippen molar-refractivity contribution in [1.29, 1.82) is 0 Å². The first-order valence-corrected chi connectivity index (χ1v) is 10.3. The molecule has 30 heavy (non-hydrogen) atoms. The Kier molecular flexibility index (Phi) is 6.07. The van der Waals surface area contributed by atoms with Gasteiger partial charge >= 0.3 is 5.69 Å². The van der Waals surface area contributed by atoms with Gasteiger partial charge < -0.3 is 4.90 Å². The monoisotopic (exact) mass is 408 g/mol. The zero-order chi connectivity index (χ0) is 20.9. The van der Waals surface area contributed by atoms with Crippen LogP contribution in [-0.2, 0) is 17.8 Å². The first-order chi connectivity index (χ1) is 14.6. The minimum atomic E-state index is -0.303. The summed E-state index contributed by atoms with van der Waals surface area (Å²) in [6, 6.07) is 16.1. The van der Waals surface area contributed by atoms with Gasteiger partial charge in [-0.25, -0.2) is 14.3 Å². The highest BCUT2D eigenvalue weighted by Crippen LogP contribution is 2.26. The van der Waals surface area contributed by atoms with Crippen molar-refractivity contribution in [3.05, 3.63) is 87.9 Å². The molecule has 0 saturated carbocycles. The first-order valence-electron chi connectivity index (χ1n) is 10.3. The molecule has 0 spiro atoms. The van der Waals surface area contributed by atoms with Crippen molar-refractivity contribution in [2.45, 2.75) is 38.1 Å². The predicted octanol–water partition coefficient (Wildman–Crippen LogP) is 3.10. The number of rotatable bonds is 6. The van der Waals surface area contributed by atoms with E-state index in [0.717, 1.165) is 24.8 Å². The van der Waals surface area contributed by atoms with E-state index >= 15 is 0 Å². The van der Waals surface area contributed by atoms with Gasteiger partial charge in [0.1, 0.15) is 11.6 Å². The van der Waals surface area contributed by atoms with Gasteiger partial charge in [-0.2, -0.15) is 5.10 Å². The van der Waals surface area contributed by atoms with Gasteiger partial charge in [-0.15, -0.1) is 0 Å². The number of carbonyl (C=O) groups is 1. The fourth-order valence-corrected chi connectivity index (χ4v) is 4.01. The highest BCUT2D eigenvalue weighted by Gasteiger charge is 2.27. The quantitative estimate of drug-likeness (QED) is 0.681. The molecule has 2 aromatic carbocycles. The largest absolute Gasteiger partial charge is 0.343 e. The Morgan fingerprint density at radius 2 is 1.73 bits per heavy atom. The number of likely N-dealkylation sites (tertiary alicyclic amines) is 1. The van der Waals surface area contributed by atoms with Gasteiger partial charge in [0.15, 0.2) is 0 Å². The van der Waals surface area contributed by atoms with Crippen molar-refractivity contribution in [1.82, 2.24) is 19.7 Å². The summed E-state index contributed by atoms with van der Waals surface area (Å²) in [5, 5.41) is 6.79. The molecule has 3 aromatic rings. The highest BCUT2D eigenvalue weighted by atomic mass is 19.1. The Balaban J connectivity index is 1.35. The molecule has 6 nitrogen and oxygen atoms in total. The topological polar surface area (TPSA) is 71.0 Å². The SMILES string of the molecule is O=C(CCc1ccccc1)N1CCC(c2n[nH]c(=O)n2Cc2ccc(F)cc2)CC1. The number of piperidine rings is 1. The van der Waals surface area contributed by atoms with E-state index in [1.54, 1.807) is 16.7 Å². The molecule has 156 valence electrons. The number of nitrogens with one attached hydrogen (secondary N) is 1. The molecule has 0 bridgehead atoms. The minimum Gasteiger partial charge on any atom is -0.343 e. The maximum absolute atomic E-state index is 13.1. The molecule has 1 aliphatic heterocycles. The average Bonchev–Trinajstić information content (AvgIpc) is 3.14. The second-order valence-electron chi connectivity index (χ2n) is 7.74. The molecule has 1 aliphatic rings. The molecule has 1 amide bonds. The van der Waals surface area contributed by atoms with Gasteiger partial charge in [0, 0.05) is 25.4 Å². The smallest absolute Gasteiger partial charge is 0.343 e. The van der Waals surface area contributed by atoms with Crippen LogP contribution in [0.15, 0.2) is 59.4 Å². The maximum atomic E-state index is 13.1. The summed E-state index contributed by atoms with van der Waals surface area (Å²) < 4.78 is 14.8. The van der Waals surface area contributed by atoms with E-state index in [9.17, 15) is 14.0 Å². The number of hydrogen-bond acceptors (Lipinski definition) is 3. The van der Waals surface area contributed by atoms with Crippen molar-refractivity contribution in [2.75, 3.05) is 13.1 Å². The Morgan fingerprint density at radius 3 is 2.43 bits per heavy atom. The van der Waals surface area contributed by atoms with Gasteiger partial charge in [0.2, 0.25) is 5.91 Å². The molecule has 1 fully saturated rings. The van der Waals surface area contributed by atoms with E-state index in [1.165, 1.54) is 17.7 Å². The van der Waals surface area contributed by atoms with Crippen LogP contribution in [0.5, 0.6) is 0 Å². The van der Waals surface area contributed by atoms with Gasteiger partial charge in [0.05, 0.1) is 6.54 Å². The molecule has 2 heterocycles. The number of aromatic nitrogens is 3. The van der Waals surface area contributed by atoms with Crippen LogP contribution < -0.4 is 5.69 Å². The molecule has 1 aromatic heterocycles. The first kappa shape index (κ1) is 20.1. The van der Waals surface area contributed by atoms with Crippen LogP contribution in [0.3, 0.4) is 0 Å². The molecule has 0 radical (unpaired) electrons. The molecular formula is C23H25FN4O2. The van der Waals surface area contributed by atoms with Gasteiger partial charge in [-0.3, -0.25) is 9.36 Å². The van der Waals surface area contributed by atoms with Gasteiger partial charge in [0.25, 0.3) is 0 Å². The van der Waals surface area contributed by atoms with Crippen molar-refractivity contribution in [2.24, 2.45) is 0 Å². The molecular weight excluding hydrogens is 383 g/mol. The van der Waals surface area contributed by atoms with Crippen LogP contribution in [0.4, 0.5) is 4.39 Å². The molecule has 4 rings (SSSR count). The third-order valence-electron chi connectivity index (χ3n) is 5.72. The number of halogens is 1. The van der Waals surface area contributed by atoms with Crippen LogP contribution >= 0.6 is 0 Å². The van der Waals surface area contributed by atoms with E-state index in [-0.39, 0.29) is 23.3 Å². The highest BCUT2D eigenvalue weighted by molar-refractivity contribution is 5.76. The third-order valence-corrected chi connectivity index (χ3v) is 5.72. The Morgan fingerprint density at radius 1 is 1.03 bits per heavy atom. The Bertz CT molecular complexity index is 1040. The number of amides is 1. The van der Waals surface area contributed by atoms with Crippen molar-refractivity contribution >= 4 is 5.91 Å².